The number of nitrogens with zero attached hydrogens (tertiary/aromatic N) is 3. The molecule has 0 unspecified atom stereocenters. The van der Waals surface area contributed by atoms with E-state index in [1.54, 1.807) is 0 Å². The molecule has 3 nitrogen and oxygen atoms in total. The van der Waals surface area contributed by atoms with E-state index >= 15 is 0 Å². The molecule has 0 aliphatic rings. The van der Waals surface area contributed by atoms with Crippen LogP contribution in [0.2, 0.25) is 0 Å². The number of aromatic nitrogens is 1. The molecule has 11 aromatic carbocycles. The van der Waals surface area contributed by atoms with Crippen LogP contribution in [0.15, 0.2) is 285 Å². The first kappa shape index (κ1) is 41.3. The Labute approximate surface area is 403 Å². The molecule has 3 heteroatoms. The van der Waals surface area contributed by atoms with Crippen molar-refractivity contribution in [3.8, 4) is 50.2 Å². The van der Waals surface area contributed by atoms with Crippen LogP contribution in [0.5, 0.6) is 0 Å². The molecular formula is C66H47N3. The van der Waals surface area contributed by atoms with Gasteiger partial charge in [0.25, 0.3) is 0 Å². The first-order chi connectivity index (χ1) is 34.3. The van der Waals surface area contributed by atoms with E-state index in [9.17, 15) is 0 Å². The quantitative estimate of drug-likeness (QED) is 0.128. The Morgan fingerprint density at radius 3 is 0.971 bits per heavy atom. The van der Waals surface area contributed by atoms with E-state index < -0.39 is 0 Å². The lowest BCUT2D eigenvalue weighted by Crippen LogP contribution is -2.13. The summed E-state index contributed by atoms with van der Waals surface area (Å²) in [6.45, 7) is 0. The molecule has 0 saturated carbocycles. The number of anilines is 6. The molecule has 0 fully saturated rings. The van der Waals surface area contributed by atoms with Gasteiger partial charge in [-0.15, -0.1) is 0 Å². The van der Waals surface area contributed by atoms with Crippen molar-refractivity contribution < 1.29 is 0 Å². The van der Waals surface area contributed by atoms with Gasteiger partial charge in [0.2, 0.25) is 0 Å². The Bertz CT molecular complexity index is 3590. The summed E-state index contributed by atoms with van der Waals surface area (Å²) in [5.74, 6) is 0. The van der Waals surface area contributed by atoms with Crippen molar-refractivity contribution in [3.63, 3.8) is 0 Å². The Hall–Kier alpha value is -9.18. The second-order valence-electron chi connectivity index (χ2n) is 17.3. The van der Waals surface area contributed by atoms with Crippen molar-refractivity contribution in [2.75, 3.05) is 9.80 Å². The summed E-state index contributed by atoms with van der Waals surface area (Å²) in [4.78, 5) is 4.70. The van der Waals surface area contributed by atoms with Crippen molar-refractivity contribution in [3.05, 3.63) is 285 Å². The smallest absolute Gasteiger partial charge is 0.0702 e. The van der Waals surface area contributed by atoms with Gasteiger partial charge in [-0.25, -0.2) is 0 Å². The lowest BCUT2D eigenvalue weighted by atomic mass is 9.85. The molecule has 0 radical (unpaired) electrons. The number of fused-ring (bicyclic) bond motifs is 3. The molecule has 0 amide bonds. The standard InChI is InChI=1S/C66H47N3/c1-6-22-48(23-7-1)59-47-62(60(49-24-8-2-9-25-49)46-61(59)50-38-42-55(43-39-50)67(52-26-10-3-11-27-52)53-28-12-4-13-29-53)51-40-44-56(45-41-51)68(54-30-14-5-15-31-54)65-36-20-21-37-66(65)69-63-34-18-16-32-57(63)58-33-17-19-35-64(58)69/h1-47H. The third-order valence-corrected chi connectivity index (χ3v) is 13.2. The number of hydrogen-bond donors (Lipinski definition) is 0. The van der Waals surface area contributed by atoms with Crippen LogP contribution in [0.4, 0.5) is 34.1 Å². The van der Waals surface area contributed by atoms with Gasteiger partial charge in [0.05, 0.1) is 22.4 Å². The maximum Gasteiger partial charge on any atom is 0.0702 e. The summed E-state index contributed by atoms with van der Waals surface area (Å²) in [5, 5.41) is 2.48. The number of para-hydroxylation sites is 7. The van der Waals surface area contributed by atoms with E-state index in [1.807, 2.05) is 0 Å². The molecule has 12 rings (SSSR count). The maximum absolute atomic E-state index is 2.42. The molecule has 0 bridgehead atoms. The second-order valence-corrected chi connectivity index (χ2v) is 17.3. The van der Waals surface area contributed by atoms with Gasteiger partial charge >= 0.3 is 0 Å². The molecule has 0 aliphatic heterocycles. The lowest BCUT2D eigenvalue weighted by Gasteiger charge is -2.28. The van der Waals surface area contributed by atoms with Gasteiger partial charge in [-0.3, -0.25) is 0 Å². The van der Waals surface area contributed by atoms with Gasteiger partial charge in [0, 0.05) is 39.2 Å². The summed E-state index contributed by atoms with van der Waals surface area (Å²) >= 11 is 0. The summed E-state index contributed by atoms with van der Waals surface area (Å²) < 4.78 is 2.42. The van der Waals surface area contributed by atoms with Crippen molar-refractivity contribution in [2.24, 2.45) is 0 Å². The Morgan fingerprint density at radius 1 is 0.232 bits per heavy atom. The first-order valence-corrected chi connectivity index (χ1v) is 23.6. The fourth-order valence-electron chi connectivity index (χ4n) is 10.0. The molecule has 69 heavy (non-hydrogen) atoms. The van der Waals surface area contributed by atoms with E-state index in [2.05, 4.69) is 299 Å². The highest BCUT2D eigenvalue weighted by atomic mass is 15.2. The molecule has 1 aromatic heterocycles. The molecule has 0 spiro atoms. The maximum atomic E-state index is 2.42. The average molecular weight is 882 g/mol. The topological polar surface area (TPSA) is 11.4 Å². The number of benzene rings is 11. The predicted molar refractivity (Wildman–Crippen MR) is 292 cm³/mol. The minimum Gasteiger partial charge on any atom is -0.311 e. The fourth-order valence-corrected chi connectivity index (χ4v) is 10.0. The second kappa shape index (κ2) is 18.2. The minimum atomic E-state index is 1.07. The summed E-state index contributed by atoms with van der Waals surface area (Å²) in [7, 11) is 0. The van der Waals surface area contributed by atoms with Crippen LogP contribution in [0.25, 0.3) is 72.0 Å². The van der Waals surface area contributed by atoms with Gasteiger partial charge in [0.15, 0.2) is 0 Å². The summed E-state index contributed by atoms with van der Waals surface area (Å²) in [5.41, 5.74) is 19.4. The highest BCUT2D eigenvalue weighted by Gasteiger charge is 2.22. The summed E-state index contributed by atoms with van der Waals surface area (Å²) in [6.07, 6.45) is 0. The van der Waals surface area contributed by atoms with Crippen molar-refractivity contribution in [1.82, 2.24) is 4.57 Å². The molecule has 0 saturated heterocycles. The lowest BCUT2D eigenvalue weighted by molar-refractivity contribution is 1.15. The average Bonchev–Trinajstić information content (AvgIpc) is 3.77. The number of hydrogen-bond acceptors (Lipinski definition) is 2. The van der Waals surface area contributed by atoms with E-state index in [1.165, 1.54) is 55.2 Å². The van der Waals surface area contributed by atoms with Crippen LogP contribution in [0.1, 0.15) is 0 Å². The van der Waals surface area contributed by atoms with Crippen LogP contribution in [-0.4, -0.2) is 4.57 Å². The summed E-state index contributed by atoms with van der Waals surface area (Å²) in [6, 6.07) is 103. The van der Waals surface area contributed by atoms with Crippen LogP contribution in [0.3, 0.4) is 0 Å². The third kappa shape index (κ3) is 7.82. The fraction of sp³-hybridized carbons (Fsp3) is 0. The molecule has 0 aliphatic carbocycles. The van der Waals surface area contributed by atoms with Crippen LogP contribution < -0.4 is 9.80 Å². The SMILES string of the molecule is c1ccc(-c2cc(-c3ccc(N(c4ccccc4)c4ccccc4-n4c5ccccc5c5ccccc54)cc3)c(-c3ccccc3)cc2-c2ccc(N(c3ccccc3)c3ccccc3)cc2)cc1. The van der Waals surface area contributed by atoms with Crippen molar-refractivity contribution >= 4 is 55.9 Å². The highest BCUT2D eigenvalue weighted by Crippen LogP contribution is 2.46. The predicted octanol–water partition coefficient (Wildman–Crippen LogP) is 18.4. The van der Waals surface area contributed by atoms with E-state index in [0.29, 0.717) is 0 Å². The van der Waals surface area contributed by atoms with Gasteiger partial charge in [-0.1, -0.05) is 188 Å². The van der Waals surface area contributed by atoms with Crippen LogP contribution in [0, 0.1) is 0 Å². The number of rotatable bonds is 11. The largest absolute Gasteiger partial charge is 0.311 e. The van der Waals surface area contributed by atoms with E-state index in [0.717, 1.165) is 50.9 Å². The molecule has 0 atom stereocenters. The molecule has 1 heterocycles. The molecular weight excluding hydrogens is 835 g/mol. The van der Waals surface area contributed by atoms with Gasteiger partial charge < -0.3 is 14.4 Å². The zero-order valence-electron chi connectivity index (χ0n) is 38.0. The first-order valence-electron chi connectivity index (χ1n) is 23.6. The van der Waals surface area contributed by atoms with Crippen LogP contribution >= 0.6 is 0 Å². The van der Waals surface area contributed by atoms with E-state index in [-0.39, 0.29) is 0 Å². The van der Waals surface area contributed by atoms with Crippen molar-refractivity contribution in [1.29, 1.82) is 0 Å². The third-order valence-electron chi connectivity index (χ3n) is 13.2. The molecule has 326 valence electrons. The van der Waals surface area contributed by atoms with Gasteiger partial charge in [-0.2, -0.15) is 0 Å². The Kier molecular flexibility index (Phi) is 10.9. The Morgan fingerprint density at radius 2 is 0.536 bits per heavy atom. The zero-order valence-corrected chi connectivity index (χ0v) is 38.0. The van der Waals surface area contributed by atoms with Gasteiger partial charge in [-0.05, 0) is 142 Å². The normalized spacial score (nSPS) is 11.2. The Balaban J connectivity index is 0.996. The molecule has 12 aromatic rings. The monoisotopic (exact) mass is 881 g/mol. The van der Waals surface area contributed by atoms with Gasteiger partial charge in [0.1, 0.15) is 0 Å². The zero-order chi connectivity index (χ0) is 45.9. The highest BCUT2D eigenvalue weighted by molar-refractivity contribution is 6.10. The van der Waals surface area contributed by atoms with Crippen molar-refractivity contribution in [2.45, 2.75) is 0 Å². The van der Waals surface area contributed by atoms with E-state index in [4.69, 9.17) is 0 Å². The van der Waals surface area contributed by atoms with Crippen LogP contribution in [-0.2, 0) is 0 Å². The molecule has 0 N–H and O–H groups in total. The minimum absolute atomic E-state index is 1.07.